The zero-order valence-corrected chi connectivity index (χ0v) is 16.2. The van der Waals surface area contributed by atoms with Crippen LogP contribution in [-0.4, -0.2) is 12.2 Å². The monoisotopic (exact) mass is 411 g/mol. The number of amides is 1. The molecule has 3 aromatic rings. The van der Waals surface area contributed by atoms with E-state index >= 15 is 0 Å². The normalized spacial score (nSPS) is 15.1. The second-order valence-corrected chi connectivity index (χ2v) is 7.36. The van der Waals surface area contributed by atoms with Gasteiger partial charge in [-0.1, -0.05) is 42.5 Å². The van der Waals surface area contributed by atoms with Crippen molar-refractivity contribution in [2.45, 2.75) is 11.1 Å². The van der Waals surface area contributed by atoms with Gasteiger partial charge in [-0.3, -0.25) is 9.69 Å². The van der Waals surface area contributed by atoms with Crippen molar-refractivity contribution in [1.29, 1.82) is 0 Å². The third-order valence-electron chi connectivity index (χ3n) is 4.74. The topological polar surface area (TPSA) is 20.3 Å². The minimum atomic E-state index is -4.38. The Morgan fingerprint density at radius 2 is 1.48 bits per heavy atom. The number of thioether (sulfide) groups is 1. The number of para-hydroxylation sites is 1. The van der Waals surface area contributed by atoms with Crippen LogP contribution >= 0.6 is 11.8 Å². The number of alkyl halides is 3. The molecule has 0 N–H and O–H groups in total. The Balaban J connectivity index is 1.85. The van der Waals surface area contributed by atoms with E-state index in [-0.39, 0.29) is 5.91 Å². The molecule has 0 aromatic heterocycles. The van der Waals surface area contributed by atoms with Crippen LogP contribution in [0, 0.1) is 0 Å². The third-order valence-corrected chi connectivity index (χ3v) is 5.53. The maximum absolute atomic E-state index is 13.2. The molecule has 0 bridgehead atoms. The maximum Gasteiger partial charge on any atom is 0.416 e. The van der Waals surface area contributed by atoms with Crippen LogP contribution in [0.4, 0.5) is 18.9 Å². The fourth-order valence-corrected chi connectivity index (χ4v) is 3.95. The predicted molar refractivity (Wildman–Crippen MR) is 111 cm³/mol. The Bertz CT molecular complexity index is 1100. The fourth-order valence-electron chi connectivity index (χ4n) is 3.37. The Morgan fingerprint density at radius 3 is 2.14 bits per heavy atom. The van der Waals surface area contributed by atoms with Crippen molar-refractivity contribution in [3.63, 3.8) is 0 Å². The number of fused-ring (bicyclic) bond motifs is 1. The molecule has 3 aromatic carbocycles. The molecule has 1 amide bonds. The van der Waals surface area contributed by atoms with Gasteiger partial charge in [0.2, 0.25) is 0 Å². The summed E-state index contributed by atoms with van der Waals surface area (Å²) in [5.74, 6) is -0.153. The summed E-state index contributed by atoms with van der Waals surface area (Å²) in [6.07, 6.45) is -0.697. The summed E-state index contributed by atoms with van der Waals surface area (Å²) in [6, 6.07) is 19.8. The number of nitrogens with zero attached hydrogens (tertiary/aromatic N) is 1. The van der Waals surface area contributed by atoms with Gasteiger partial charge in [0.15, 0.2) is 0 Å². The number of hydrogen-bond donors (Lipinski definition) is 0. The summed E-state index contributed by atoms with van der Waals surface area (Å²) in [5.41, 5.74) is 2.61. The summed E-state index contributed by atoms with van der Waals surface area (Å²) in [6.45, 7) is 0. The van der Waals surface area contributed by atoms with E-state index in [2.05, 4.69) is 0 Å². The Hall–Kier alpha value is -2.99. The summed E-state index contributed by atoms with van der Waals surface area (Å²) in [5, 5.41) is 0. The lowest BCUT2D eigenvalue weighted by molar-refractivity contribution is -0.137. The highest BCUT2D eigenvalue weighted by atomic mass is 32.2. The van der Waals surface area contributed by atoms with Gasteiger partial charge in [-0.15, -0.1) is 11.8 Å². The molecule has 0 unspecified atom stereocenters. The first-order valence-electron chi connectivity index (χ1n) is 8.86. The average Bonchev–Trinajstić information content (AvgIpc) is 2.99. The van der Waals surface area contributed by atoms with Crippen molar-refractivity contribution in [2.24, 2.45) is 0 Å². The Kier molecular flexibility index (Phi) is 4.96. The van der Waals surface area contributed by atoms with Crippen molar-refractivity contribution >= 4 is 35.1 Å². The van der Waals surface area contributed by atoms with Crippen LogP contribution in [0.3, 0.4) is 0 Å². The second-order valence-electron chi connectivity index (χ2n) is 6.51. The van der Waals surface area contributed by atoms with E-state index in [0.29, 0.717) is 16.8 Å². The van der Waals surface area contributed by atoms with E-state index in [1.54, 1.807) is 23.1 Å². The summed E-state index contributed by atoms with van der Waals surface area (Å²) in [7, 11) is 0. The van der Waals surface area contributed by atoms with Crippen molar-refractivity contribution in [2.75, 3.05) is 11.2 Å². The van der Waals surface area contributed by atoms with E-state index in [1.165, 1.54) is 23.9 Å². The molecule has 1 heterocycles. The summed E-state index contributed by atoms with van der Waals surface area (Å²) >= 11 is 1.53. The molecule has 0 spiro atoms. The van der Waals surface area contributed by atoms with Crippen molar-refractivity contribution in [1.82, 2.24) is 0 Å². The lowest BCUT2D eigenvalue weighted by Gasteiger charge is -2.21. The fraction of sp³-hybridized carbons (Fsp3) is 0.0870. The van der Waals surface area contributed by atoms with Gasteiger partial charge in [-0.2, -0.15) is 13.2 Å². The van der Waals surface area contributed by atoms with Crippen LogP contribution in [0.1, 0.15) is 27.0 Å². The first kappa shape index (κ1) is 19.3. The van der Waals surface area contributed by atoms with Gasteiger partial charge < -0.3 is 0 Å². The number of halogens is 3. The van der Waals surface area contributed by atoms with Gasteiger partial charge in [-0.25, -0.2) is 0 Å². The van der Waals surface area contributed by atoms with Gasteiger partial charge in [0.25, 0.3) is 5.91 Å². The number of hydrogen-bond acceptors (Lipinski definition) is 2. The molecule has 0 radical (unpaired) electrons. The van der Waals surface area contributed by atoms with E-state index in [4.69, 9.17) is 0 Å². The van der Waals surface area contributed by atoms with Gasteiger partial charge in [0.1, 0.15) is 0 Å². The lowest BCUT2D eigenvalue weighted by atomic mass is 10.1. The Labute approximate surface area is 170 Å². The molecular weight excluding hydrogens is 395 g/mol. The van der Waals surface area contributed by atoms with E-state index in [9.17, 15) is 18.0 Å². The molecule has 6 heteroatoms. The van der Waals surface area contributed by atoms with Gasteiger partial charge in [-0.05, 0) is 48.2 Å². The maximum atomic E-state index is 13.2. The number of benzene rings is 3. The molecule has 0 saturated carbocycles. The first-order chi connectivity index (χ1) is 13.9. The van der Waals surface area contributed by atoms with Crippen LogP contribution in [-0.2, 0) is 6.18 Å². The van der Waals surface area contributed by atoms with Gasteiger partial charge >= 0.3 is 6.18 Å². The molecule has 0 saturated heterocycles. The highest BCUT2D eigenvalue weighted by Crippen LogP contribution is 2.41. The molecule has 4 rings (SSSR count). The molecule has 29 heavy (non-hydrogen) atoms. The highest BCUT2D eigenvalue weighted by Gasteiger charge is 2.34. The summed E-state index contributed by atoms with van der Waals surface area (Å²) in [4.78, 5) is 15.7. The highest BCUT2D eigenvalue weighted by molar-refractivity contribution is 7.98. The van der Waals surface area contributed by atoms with Crippen LogP contribution < -0.4 is 4.90 Å². The number of anilines is 1. The molecular formula is C23H16F3NOS. The molecule has 1 aliphatic heterocycles. The minimum absolute atomic E-state index is 0.153. The van der Waals surface area contributed by atoms with Crippen LogP contribution in [0.5, 0.6) is 0 Å². The van der Waals surface area contributed by atoms with Crippen molar-refractivity contribution in [3.8, 4) is 0 Å². The van der Waals surface area contributed by atoms with E-state index in [1.807, 2.05) is 42.7 Å². The summed E-state index contributed by atoms with van der Waals surface area (Å²) < 4.78 is 38.6. The van der Waals surface area contributed by atoms with Crippen molar-refractivity contribution in [3.05, 3.63) is 95.1 Å². The van der Waals surface area contributed by atoms with Crippen LogP contribution in [0.2, 0.25) is 0 Å². The minimum Gasteiger partial charge on any atom is -0.275 e. The average molecular weight is 411 g/mol. The smallest absolute Gasteiger partial charge is 0.275 e. The van der Waals surface area contributed by atoms with Gasteiger partial charge in [0, 0.05) is 16.0 Å². The molecule has 0 aliphatic carbocycles. The van der Waals surface area contributed by atoms with E-state index < -0.39 is 11.7 Å². The SMILES string of the molecule is CSc1ccccc1N1C(=O)c2ccccc2C1=Cc1ccc(C(F)(F)F)cc1. The molecule has 146 valence electrons. The number of carbonyl (C=O) groups is 1. The number of carbonyl (C=O) groups excluding carboxylic acids is 1. The standard InChI is InChI=1S/C23H16F3NOS/c1-29-21-9-5-4-8-19(21)27-20(17-6-2-3-7-18(17)22(27)28)14-15-10-12-16(13-11-15)23(24,25)26/h2-14H,1H3. The molecule has 1 aliphatic rings. The van der Waals surface area contributed by atoms with Crippen LogP contribution in [0.15, 0.2) is 77.7 Å². The third kappa shape index (κ3) is 3.56. The van der Waals surface area contributed by atoms with E-state index in [0.717, 1.165) is 28.3 Å². The molecule has 2 nitrogen and oxygen atoms in total. The molecule has 0 fully saturated rings. The Morgan fingerprint density at radius 1 is 0.862 bits per heavy atom. The number of rotatable bonds is 3. The second kappa shape index (κ2) is 7.44. The first-order valence-corrected chi connectivity index (χ1v) is 10.1. The predicted octanol–water partition coefficient (Wildman–Crippen LogP) is 6.59. The van der Waals surface area contributed by atoms with Gasteiger partial charge in [0.05, 0.1) is 16.9 Å². The lowest BCUT2D eigenvalue weighted by Crippen LogP contribution is -2.22. The quantitative estimate of drug-likeness (QED) is 0.454. The largest absolute Gasteiger partial charge is 0.416 e. The van der Waals surface area contributed by atoms with Crippen molar-refractivity contribution < 1.29 is 18.0 Å². The zero-order chi connectivity index (χ0) is 20.6. The zero-order valence-electron chi connectivity index (χ0n) is 15.4. The molecule has 0 atom stereocenters. The van der Waals surface area contributed by atoms with Crippen LogP contribution in [0.25, 0.3) is 11.8 Å².